The minimum absolute atomic E-state index is 0.0181. The Labute approximate surface area is 157 Å². The first kappa shape index (κ1) is 19.8. The van der Waals surface area contributed by atoms with Crippen molar-refractivity contribution < 1.29 is 9.47 Å². The molecule has 0 radical (unpaired) electrons. The van der Waals surface area contributed by atoms with E-state index >= 15 is 0 Å². The molecule has 4 heteroatoms. The van der Waals surface area contributed by atoms with Crippen LogP contribution >= 0.6 is 0 Å². The van der Waals surface area contributed by atoms with Crippen molar-refractivity contribution in [2.75, 3.05) is 34.4 Å². The van der Waals surface area contributed by atoms with Crippen LogP contribution in [0, 0.1) is 11.3 Å². The van der Waals surface area contributed by atoms with Crippen LogP contribution in [0.2, 0.25) is 0 Å². The van der Waals surface area contributed by atoms with Gasteiger partial charge in [-0.1, -0.05) is 36.4 Å². The summed E-state index contributed by atoms with van der Waals surface area (Å²) in [5.41, 5.74) is 2.34. The van der Waals surface area contributed by atoms with Crippen molar-refractivity contribution in [3.8, 4) is 17.6 Å². The molecule has 0 aliphatic rings. The molecule has 0 spiro atoms. The summed E-state index contributed by atoms with van der Waals surface area (Å²) in [5.74, 6) is 1.51. The number of ether oxygens (including phenoxy) is 2. The average molecular weight is 352 g/mol. The van der Waals surface area contributed by atoms with Gasteiger partial charge in [-0.2, -0.15) is 5.26 Å². The number of likely N-dealkylation sites (N-methyl/N-ethyl adjacent to an activating group) is 1. The molecular weight excluding hydrogens is 324 g/mol. The molecule has 0 fully saturated rings. The van der Waals surface area contributed by atoms with Gasteiger partial charge in [0, 0.05) is 6.54 Å². The molecule has 0 saturated carbocycles. The molecule has 2 rings (SSSR count). The Balaban J connectivity index is 1.77. The van der Waals surface area contributed by atoms with Gasteiger partial charge in [-0.25, -0.2) is 0 Å². The molecular formula is C22H28N2O2. The summed E-state index contributed by atoms with van der Waals surface area (Å²) < 4.78 is 10.6. The molecule has 0 saturated heterocycles. The number of hydrogen-bond donors (Lipinski definition) is 0. The van der Waals surface area contributed by atoms with Gasteiger partial charge < -0.3 is 14.4 Å². The molecule has 0 aromatic heterocycles. The highest BCUT2D eigenvalue weighted by Crippen LogP contribution is 2.27. The van der Waals surface area contributed by atoms with Gasteiger partial charge in [-0.3, -0.25) is 0 Å². The van der Waals surface area contributed by atoms with E-state index < -0.39 is 0 Å². The Morgan fingerprint density at radius 1 is 1.00 bits per heavy atom. The van der Waals surface area contributed by atoms with Crippen LogP contribution < -0.4 is 9.47 Å². The highest BCUT2D eigenvalue weighted by molar-refractivity contribution is 5.42. The second-order valence-electron chi connectivity index (χ2n) is 6.48. The maximum Gasteiger partial charge on any atom is 0.160 e. The minimum atomic E-state index is -0.0181. The van der Waals surface area contributed by atoms with Gasteiger partial charge in [0.15, 0.2) is 11.5 Å². The van der Waals surface area contributed by atoms with Crippen molar-refractivity contribution in [3.05, 3.63) is 59.7 Å². The first-order chi connectivity index (χ1) is 12.7. The number of benzene rings is 2. The molecule has 1 atom stereocenters. The monoisotopic (exact) mass is 352 g/mol. The molecule has 2 aromatic rings. The van der Waals surface area contributed by atoms with Crippen LogP contribution in [-0.4, -0.2) is 39.3 Å². The van der Waals surface area contributed by atoms with E-state index in [0.717, 1.165) is 49.4 Å². The van der Waals surface area contributed by atoms with Crippen molar-refractivity contribution >= 4 is 0 Å². The van der Waals surface area contributed by atoms with E-state index in [9.17, 15) is 5.26 Å². The van der Waals surface area contributed by atoms with Crippen molar-refractivity contribution in [2.45, 2.75) is 25.2 Å². The average Bonchev–Trinajstić information content (AvgIpc) is 2.70. The lowest BCUT2D eigenvalue weighted by Gasteiger charge is -2.18. The lowest BCUT2D eigenvalue weighted by molar-refractivity contribution is 0.327. The molecule has 0 aliphatic heterocycles. The second-order valence-corrected chi connectivity index (χ2v) is 6.48. The molecule has 4 nitrogen and oxygen atoms in total. The summed E-state index contributed by atoms with van der Waals surface area (Å²) in [6.45, 7) is 1.95. The summed E-state index contributed by atoms with van der Waals surface area (Å²) in [7, 11) is 5.44. The molecule has 1 unspecified atom stereocenters. The largest absolute Gasteiger partial charge is 0.493 e. The predicted molar refractivity (Wildman–Crippen MR) is 105 cm³/mol. The normalized spacial score (nSPS) is 11.8. The zero-order chi connectivity index (χ0) is 18.8. The quantitative estimate of drug-likeness (QED) is 0.641. The van der Waals surface area contributed by atoms with E-state index in [1.165, 1.54) is 5.56 Å². The molecule has 2 aromatic carbocycles. The molecule has 0 aliphatic carbocycles. The Morgan fingerprint density at radius 3 is 2.38 bits per heavy atom. The third-order valence-corrected chi connectivity index (χ3v) is 4.62. The topological polar surface area (TPSA) is 45.5 Å². The summed E-state index contributed by atoms with van der Waals surface area (Å²) in [5, 5.41) is 9.40. The van der Waals surface area contributed by atoms with Gasteiger partial charge in [-0.05, 0) is 56.1 Å². The Kier molecular flexibility index (Phi) is 7.98. The fourth-order valence-corrected chi connectivity index (χ4v) is 3.02. The van der Waals surface area contributed by atoms with Crippen molar-refractivity contribution in [3.63, 3.8) is 0 Å². The second kappa shape index (κ2) is 10.5. The predicted octanol–water partition coefficient (Wildman–Crippen LogP) is 4.27. The molecule has 0 bridgehead atoms. The zero-order valence-corrected chi connectivity index (χ0v) is 15.9. The van der Waals surface area contributed by atoms with Crippen LogP contribution in [-0.2, 0) is 6.42 Å². The van der Waals surface area contributed by atoms with Gasteiger partial charge in [0.1, 0.15) is 0 Å². The van der Waals surface area contributed by atoms with Gasteiger partial charge in [0.2, 0.25) is 0 Å². The van der Waals surface area contributed by atoms with E-state index in [1.807, 2.05) is 42.5 Å². The van der Waals surface area contributed by atoms with Gasteiger partial charge in [0.05, 0.1) is 26.2 Å². The van der Waals surface area contributed by atoms with E-state index in [4.69, 9.17) is 9.47 Å². The van der Waals surface area contributed by atoms with Crippen LogP contribution in [0.1, 0.15) is 29.9 Å². The maximum absolute atomic E-state index is 9.40. The summed E-state index contributed by atoms with van der Waals surface area (Å²) in [6, 6.07) is 18.5. The first-order valence-electron chi connectivity index (χ1n) is 9.02. The SMILES string of the molecule is COc1ccc(CCN(C)CCCC(C#N)c2ccccc2)cc1OC. The number of rotatable bonds is 10. The molecule has 26 heavy (non-hydrogen) atoms. The standard InChI is InChI=1S/C22H28N2O2/c1-24(14-7-10-20(17-23)19-8-5-4-6-9-19)15-13-18-11-12-21(25-2)22(16-18)26-3/h4-6,8-9,11-12,16,20H,7,10,13-15H2,1-3H3. The summed E-state index contributed by atoms with van der Waals surface area (Å²) >= 11 is 0. The van der Waals surface area contributed by atoms with Crippen LogP contribution in [0.15, 0.2) is 48.5 Å². The number of hydrogen-bond acceptors (Lipinski definition) is 4. The lowest BCUT2D eigenvalue weighted by Crippen LogP contribution is -2.22. The minimum Gasteiger partial charge on any atom is -0.493 e. The highest BCUT2D eigenvalue weighted by Gasteiger charge is 2.10. The smallest absolute Gasteiger partial charge is 0.160 e. The lowest BCUT2D eigenvalue weighted by atomic mass is 9.96. The third kappa shape index (κ3) is 5.79. The summed E-state index contributed by atoms with van der Waals surface area (Å²) in [6.07, 6.45) is 2.86. The molecule has 0 heterocycles. The molecule has 138 valence electrons. The van der Waals surface area contributed by atoms with Crippen LogP contribution in [0.5, 0.6) is 11.5 Å². The van der Waals surface area contributed by atoms with Gasteiger partial charge in [-0.15, -0.1) is 0 Å². The maximum atomic E-state index is 9.40. The Hall–Kier alpha value is -2.51. The van der Waals surface area contributed by atoms with Crippen LogP contribution in [0.25, 0.3) is 0 Å². The van der Waals surface area contributed by atoms with Crippen molar-refractivity contribution in [2.24, 2.45) is 0 Å². The Bertz CT molecular complexity index is 710. The molecule has 0 amide bonds. The van der Waals surface area contributed by atoms with Gasteiger partial charge >= 0.3 is 0 Å². The fourth-order valence-electron chi connectivity index (χ4n) is 3.02. The number of methoxy groups -OCH3 is 2. The van der Waals surface area contributed by atoms with E-state index in [-0.39, 0.29) is 5.92 Å². The molecule has 0 N–H and O–H groups in total. The van der Waals surface area contributed by atoms with Gasteiger partial charge in [0.25, 0.3) is 0 Å². The highest BCUT2D eigenvalue weighted by atomic mass is 16.5. The number of nitriles is 1. The number of nitrogens with zero attached hydrogens (tertiary/aromatic N) is 2. The summed E-state index contributed by atoms with van der Waals surface area (Å²) in [4.78, 5) is 2.32. The fraction of sp³-hybridized carbons (Fsp3) is 0.409. The third-order valence-electron chi connectivity index (χ3n) is 4.62. The zero-order valence-electron chi connectivity index (χ0n) is 15.9. The van der Waals surface area contributed by atoms with E-state index in [1.54, 1.807) is 14.2 Å². The van der Waals surface area contributed by atoms with Crippen molar-refractivity contribution in [1.29, 1.82) is 5.26 Å². The first-order valence-corrected chi connectivity index (χ1v) is 9.02. The van der Waals surface area contributed by atoms with Crippen molar-refractivity contribution in [1.82, 2.24) is 4.90 Å². The van der Waals surface area contributed by atoms with Crippen LogP contribution in [0.4, 0.5) is 0 Å². The van der Waals surface area contributed by atoms with E-state index in [0.29, 0.717) is 0 Å². The Morgan fingerprint density at radius 2 is 1.73 bits per heavy atom. The van der Waals surface area contributed by atoms with E-state index in [2.05, 4.69) is 24.1 Å². The van der Waals surface area contributed by atoms with Crippen LogP contribution in [0.3, 0.4) is 0 Å².